The Balaban J connectivity index is 1.60. The third-order valence-corrected chi connectivity index (χ3v) is 7.40. The molecule has 0 atom stereocenters. The van der Waals surface area contributed by atoms with E-state index < -0.39 is 5.97 Å². The number of carbonyl (C=O) groups excluding carboxylic acids is 1. The van der Waals surface area contributed by atoms with Gasteiger partial charge in [0.2, 0.25) is 0 Å². The van der Waals surface area contributed by atoms with Gasteiger partial charge < -0.3 is 14.6 Å². The number of rotatable bonds is 9. The molecule has 1 aliphatic carbocycles. The van der Waals surface area contributed by atoms with Crippen LogP contribution in [0.1, 0.15) is 62.1 Å². The van der Waals surface area contributed by atoms with Crippen LogP contribution in [0, 0.1) is 12.8 Å². The monoisotopic (exact) mass is 498 g/mol. The van der Waals surface area contributed by atoms with Gasteiger partial charge in [-0.05, 0) is 78.0 Å². The number of esters is 1. The highest BCUT2D eigenvalue weighted by molar-refractivity contribution is 5.86. The SMILES string of the molecule is C=C(C)C(=O)OCCOc1cc(C2CCC(C)CC2)ccc1-c1ccc(-c2ccc(CO)cc2)cc1C. The number of hydrogen-bond acceptors (Lipinski definition) is 4. The summed E-state index contributed by atoms with van der Waals surface area (Å²) in [4.78, 5) is 11.8. The molecule has 194 valence electrons. The second-order valence-electron chi connectivity index (χ2n) is 10.4. The lowest BCUT2D eigenvalue weighted by Gasteiger charge is -2.27. The van der Waals surface area contributed by atoms with Crippen LogP contribution in [0.4, 0.5) is 0 Å². The molecule has 1 N–H and O–H groups in total. The zero-order chi connectivity index (χ0) is 26.4. The standard InChI is InChI=1S/C33H38O4/c1-22(2)33(35)37-18-17-36-32-20-29(26-9-5-23(3)6-10-26)14-16-31(32)30-15-13-28(19-24(30)4)27-11-7-25(21-34)8-12-27/h7-8,11-16,19-20,23,26,34H,1,5-6,9-10,17-18,21H2,2-4H3. The van der Waals surface area contributed by atoms with Crippen LogP contribution in [-0.4, -0.2) is 24.3 Å². The second-order valence-corrected chi connectivity index (χ2v) is 10.4. The van der Waals surface area contributed by atoms with E-state index in [4.69, 9.17) is 9.47 Å². The summed E-state index contributed by atoms with van der Waals surface area (Å²) < 4.78 is 11.5. The molecule has 3 aromatic rings. The molecule has 3 aromatic carbocycles. The van der Waals surface area contributed by atoms with Gasteiger partial charge in [-0.25, -0.2) is 4.79 Å². The quantitative estimate of drug-likeness (QED) is 0.187. The molecule has 1 saturated carbocycles. The number of aliphatic hydroxyl groups is 1. The van der Waals surface area contributed by atoms with Crippen molar-refractivity contribution >= 4 is 5.97 Å². The summed E-state index contributed by atoms with van der Waals surface area (Å²) in [7, 11) is 0. The third-order valence-electron chi connectivity index (χ3n) is 7.40. The molecule has 0 saturated heterocycles. The Kier molecular flexibility index (Phi) is 8.83. The van der Waals surface area contributed by atoms with E-state index in [1.807, 2.05) is 24.3 Å². The first-order valence-corrected chi connectivity index (χ1v) is 13.3. The molecular weight excluding hydrogens is 460 g/mol. The van der Waals surface area contributed by atoms with Crippen LogP contribution in [0.25, 0.3) is 22.3 Å². The molecule has 37 heavy (non-hydrogen) atoms. The van der Waals surface area contributed by atoms with Crippen LogP contribution >= 0.6 is 0 Å². The molecule has 4 heteroatoms. The van der Waals surface area contributed by atoms with Gasteiger partial charge in [0.05, 0.1) is 6.61 Å². The number of hydrogen-bond donors (Lipinski definition) is 1. The minimum atomic E-state index is -0.396. The number of ether oxygens (including phenoxy) is 2. The fourth-order valence-corrected chi connectivity index (χ4v) is 5.09. The first-order valence-electron chi connectivity index (χ1n) is 13.3. The lowest BCUT2D eigenvalue weighted by atomic mass is 9.79. The topological polar surface area (TPSA) is 55.8 Å². The van der Waals surface area contributed by atoms with Crippen molar-refractivity contribution in [3.63, 3.8) is 0 Å². The summed E-state index contributed by atoms with van der Waals surface area (Å²) in [5, 5.41) is 9.33. The van der Waals surface area contributed by atoms with E-state index in [1.165, 1.54) is 31.2 Å². The summed E-state index contributed by atoms with van der Waals surface area (Å²) >= 11 is 0. The highest BCUT2D eigenvalue weighted by atomic mass is 16.6. The Labute approximate surface area is 221 Å². The Morgan fingerprint density at radius 3 is 2.24 bits per heavy atom. The van der Waals surface area contributed by atoms with Crippen LogP contribution in [-0.2, 0) is 16.1 Å². The van der Waals surface area contributed by atoms with Crippen molar-refractivity contribution in [3.8, 4) is 28.0 Å². The fourth-order valence-electron chi connectivity index (χ4n) is 5.09. The zero-order valence-corrected chi connectivity index (χ0v) is 22.3. The van der Waals surface area contributed by atoms with Crippen LogP contribution in [0.3, 0.4) is 0 Å². The zero-order valence-electron chi connectivity index (χ0n) is 22.3. The van der Waals surface area contributed by atoms with Gasteiger partial charge in [0.15, 0.2) is 0 Å². The third kappa shape index (κ3) is 6.69. The van der Waals surface area contributed by atoms with Crippen molar-refractivity contribution in [2.24, 2.45) is 5.92 Å². The van der Waals surface area contributed by atoms with Gasteiger partial charge in [0, 0.05) is 11.1 Å². The molecule has 1 fully saturated rings. The summed E-state index contributed by atoms with van der Waals surface area (Å²) in [5.41, 5.74) is 8.17. The van der Waals surface area contributed by atoms with Crippen molar-refractivity contribution in [1.29, 1.82) is 0 Å². The fraction of sp³-hybridized carbons (Fsp3) is 0.364. The molecule has 4 nitrogen and oxygen atoms in total. The van der Waals surface area contributed by atoms with E-state index in [9.17, 15) is 9.90 Å². The van der Waals surface area contributed by atoms with Crippen molar-refractivity contribution in [3.05, 3.63) is 89.5 Å². The van der Waals surface area contributed by atoms with Gasteiger partial charge in [-0.15, -0.1) is 0 Å². The van der Waals surface area contributed by atoms with Gasteiger partial charge in [0.1, 0.15) is 19.0 Å². The van der Waals surface area contributed by atoms with E-state index in [0.717, 1.165) is 45.0 Å². The van der Waals surface area contributed by atoms with Crippen LogP contribution in [0.5, 0.6) is 5.75 Å². The predicted molar refractivity (Wildman–Crippen MR) is 150 cm³/mol. The van der Waals surface area contributed by atoms with Crippen LogP contribution in [0.2, 0.25) is 0 Å². The molecule has 0 aromatic heterocycles. The Bertz CT molecular complexity index is 1230. The smallest absolute Gasteiger partial charge is 0.333 e. The number of benzene rings is 3. The molecule has 0 bridgehead atoms. The van der Waals surface area contributed by atoms with E-state index in [2.05, 4.69) is 56.8 Å². The summed E-state index contributed by atoms with van der Waals surface area (Å²) in [6.45, 7) is 10.2. The van der Waals surface area contributed by atoms with Gasteiger partial charge in [-0.1, -0.05) is 80.9 Å². The maximum Gasteiger partial charge on any atom is 0.333 e. The molecule has 0 unspecified atom stereocenters. The number of aliphatic hydroxyl groups excluding tert-OH is 1. The summed E-state index contributed by atoms with van der Waals surface area (Å²) in [5.74, 6) is 1.78. The molecule has 0 spiro atoms. The van der Waals surface area contributed by atoms with Gasteiger partial charge in [-0.3, -0.25) is 0 Å². The number of carbonyl (C=O) groups is 1. The average molecular weight is 499 g/mol. The Hall–Kier alpha value is -3.37. The molecule has 4 rings (SSSR count). The maximum atomic E-state index is 11.8. The average Bonchev–Trinajstić information content (AvgIpc) is 2.91. The van der Waals surface area contributed by atoms with Gasteiger partial charge >= 0.3 is 5.97 Å². The minimum Gasteiger partial charge on any atom is -0.489 e. The molecular formula is C33H38O4. The van der Waals surface area contributed by atoms with Crippen molar-refractivity contribution in [1.82, 2.24) is 0 Å². The highest BCUT2D eigenvalue weighted by Gasteiger charge is 2.21. The molecule has 0 radical (unpaired) electrons. The van der Waals surface area contributed by atoms with E-state index in [0.29, 0.717) is 11.5 Å². The Morgan fingerprint density at radius 1 is 0.919 bits per heavy atom. The molecule has 0 amide bonds. The molecule has 0 aliphatic heterocycles. The lowest BCUT2D eigenvalue weighted by Crippen LogP contribution is -2.13. The van der Waals surface area contributed by atoms with Crippen LogP contribution < -0.4 is 4.74 Å². The van der Waals surface area contributed by atoms with Crippen LogP contribution in [0.15, 0.2) is 72.8 Å². The summed E-state index contributed by atoms with van der Waals surface area (Å²) in [6, 6.07) is 21.1. The van der Waals surface area contributed by atoms with Crippen molar-refractivity contribution in [2.45, 2.75) is 59.0 Å². The van der Waals surface area contributed by atoms with Gasteiger partial charge in [0.25, 0.3) is 0 Å². The molecule has 0 heterocycles. The first kappa shape index (κ1) is 26.7. The van der Waals surface area contributed by atoms with Crippen molar-refractivity contribution < 1.29 is 19.4 Å². The Morgan fingerprint density at radius 2 is 1.59 bits per heavy atom. The van der Waals surface area contributed by atoms with Gasteiger partial charge in [-0.2, -0.15) is 0 Å². The lowest BCUT2D eigenvalue weighted by molar-refractivity contribution is -0.139. The second kappa shape index (κ2) is 12.2. The summed E-state index contributed by atoms with van der Waals surface area (Å²) in [6.07, 6.45) is 4.94. The van der Waals surface area contributed by atoms with Crippen molar-refractivity contribution in [2.75, 3.05) is 13.2 Å². The van der Waals surface area contributed by atoms with E-state index in [1.54, 1.807) is 6.92 Å². The minimum absolute atomic E-state index is 0.0449. The van der Waals surface area contributed by atoms with E-state index in [-0.39, 0.29) is 19.8 Å². The predicted octanol–water partition coefficient (Wildman–Crippen LogP) is 7.61. The highest BCUT2D eigenvalue weighted by Crippen LogP contribution is 2.40. The first-order chi connectivity index (χ1) is 17.9. The normalized spacial score (nSPS) is 17.3. The van der Waals surface area contributed by atoms with E-state index >= 15 is 0 Å². The number of aryl methyl sites for hydroxylation is 1. The largest absolute Gasteiger partial charge is 0.489 e. The maximum absolute atomic E-state index is 11.8. The molecule has 1 aliphatic rings.